The highest BCUT2D eigenvalue weighted by atomic mass is 19.1. The summed E-state index contributed by atoms with van der Waals surface area (Å²) in [6.07, 6.45) is 3.09. The number of hydrogen-bond acceptors (Lipinski definition) is 7. The van der Waals surface area contributed by atoms with Gasteiger partial charge in [-0.1, -0.05) is 6.07 Å². The SMILES string of the molecule is N#Cc1cc(Nc2ncc(Oc3cccc(N4CCOCC4)c3)cn2)ccc1F. The first-order valence-electron chi connectivity index (χ1n) is 9.10. The topological polar surface area (TPSA) is 83.3 Å². The van der Waals surface area contributed by atoms with E-state index in [1.54, 1.807) is 18.5 Å². The Morgan fingerprint density at radius 2 is 1.86 bits per heavy atom. The number of benzene rings is 2. The maximum absolute atomic E-state index is 13.4. The maximum Gasteiger partial charge on any atom is 0.227 e. The van der Waals surface area contributed by atoms with Crippen molar-refractivity contribution in [2.45, 2.75) is 0 Å². The van der Waals surface area contributed by atoms with Crippen LogP contribution in [0.15, 0.2) is 54.9 Å². The summed E-state index contributed by atoms with van der Waals surface area (Å²) in [7, 11) is 0. The van der Waals surface area contributed by atoms with Crippen LogP contribution in [0.1, 0.15) is 5.56 Å². The predicted molar refractivity (Wildman–Crippen MR) is 106 cm³/mol. The Bertz CT molecular complexity index is 1030. The largest absolute Gasteiger partial charge is 0.454 e. The average molecular weight is 391 g/mol. The zero-order valence-electron chi connectivity index (χ0n) is 15.5. The van der Waals surface area contributed by atoms with Gasteiger partial charge >= 0.3 is 0 Å². The number of nitrogens with zero attached hydrogens (tertiary/aromatic N) is 4. The van der Waals surface area contributed by atoms with E-state index in [2.05, 4.69) is 20.2 Å². The van der Waals surface area contributed by atoms with Crippen LogP contribution in [0.25, 0.3) is 0 Å². The van der Waals surface area contributed by atoms with Crippen molar-refractivity contribution in [3.8, 4) is 17.6 Å². The highest BCUT2D eigenvalue weighted by Gasteiger charge is 2.12. The van der Waals surface area contributed by atoms with Crippen LogP contribution in [0.4, 0.5) is 21.7 Å². The monoisotopic (exact) mass is 391 g/mol. The lowest BCUT2D eigenvalue weighted by molar-refractivity contribution is 0.122. The fourth-order valence-electron chi connectivity index (χ4n) is 2.95. The van der Waals surface area contributed by atoms with Gasteiger partial charge in [-0.3, -0.25) is 0 Å². The highest BCUT2D eigenvalue weighted by Crippen LogP contribution is 2.26. The van der Waals surface area contributed by atoms with Crippen molar-refractivity contribution in [3.05, 3.63) is 66.2 Å². The summed E-state index contributed by atoms with van der Waals surface area (Å²) < 4.78 is 24.7. The molecule has 4 rings (SSSR count). The van der Waals surface area contributed by atoms with Gasteiger partial charge in [0.1, 0.15) is 17.6 Å². The van der Waals surface area contributed by atoms with Gasteiger partial charge in [0.25, 0.3) is 0 Å². The van der Waals surface area contributed by atoms with E-state index in [9.17, 15) is 4.39 Å². The lowest BCUT2D eigenvalue weighted by Crippen LogP contribution is -2.36. The molecule has 8 heteroatoms. The molecule has 3 aromatic rings. The Morgan fingerprint density at radius 1 is 1.07 bits per heavy atom. The molecule has 1 N–H and O–H groups in total. The number of halogens is 1. The van der Waals surface area contributed by atoms with E-state index in [0.717, 1.165) is 32.0 Å². The summed E-state index contributed by atoms with van der Waals surface area (Å²) in [5, 5.41) is 11.8. The second kappa shape index (κ2) is 8.54. The molecule has 7 nitrogen and oxygen atoms in total. The van der Waals surface area contributed by atoms with E-state index >= 15 is 0 Å². The number of nitrogens with one attached hydrogen (secondary N) is 1. The molecule has 0 saturated carbocycles. The lowest BCUT2D eigenvalue weighted by Gasteiger charge is -2.29. The van der Waals surface area contributed by atoms with E-state index in [1.807, 2.05) is 24.3 Å². The minimum absolute atomic E-state index is 0.0462. The standard InChI is InChI=1S/C21H18FN5O2/c22-20-5-4-16(10-15(20)12-23)26-21-24-13-19(14-25-21)29-18-3-1-2-17(11-18)27-6-8-28-9-7-27/h1-5,10-11,13-14H,6-9H2,(H,24,25,26). The van der Waals surface area contributed by atoms with Gasteiger partial charge in [0, 0.05) is 30.5 Å². The third-order valence-electron chi connectivity index (χ3n) is 4.40. The van der Waals surface area contributed by atoms with Gasteiger partial charge in [-0.05, 0) is 30.3 Å². The molecule has 0 atom stereocenters. The smallest absolute Gasteiger partial charge is 0.227 e. The zero-order chi connectivity index (χ0) is 20.1. The molecule has 29 heavy (non-hydrogen) atoms. The summed E-state index contributed by atoms with van der Waals surface area (Å²) in [5.41, 5.74) is 1.56. The van der Waals surface area contributed by atoms with Gasteiger partial charge in [-0.2, -0.15) is 5.26 Å². The van der Waals surface area contributed by atoms with Gasteiger partial charge in [-0.15, -0.1) is 0 Å². The van der Waals surface area contributed by atoms with Crippen LogP contribution in [-0.4, -0.2) is 36.3 Å². The van der Waals surface area contributed by atoms with Crippen LogP contribution < -0.4 is 15.0 Å². The molecule has 1 fully saturated rings. The maximum atomic E-state index is 13.4. The Labute approximate surface area is 167 Å². The molecule has 1 aliphatic heterocycles. The van der Waals surface area contributed by atoms with Crippen molar-refractivity contribution in [1.29, 1.82) is 5.26 Å². The molecule has 0 aliphatic carbocycles. The number of hydrogen-bond donors (Lipinski definition) is 1. The van der Waals surface area contributed by atoms with Crippen LogP contribution >= 0.6 is 0 Å². The Hall–Kier alpha value is -3.70. The van der Waals surface area contributed by atoms with Crippen LogP contribution in [0.3, 0.4) is 0 Å². The number of aromatic nitrogens is 2. The molecule has 1 aliphatic rings. The molecular formula is C21H18FN5O2. The molecular weight excluding hydrogens is 373 g/mol. The van der Waals surface area contributed by atoms with Crippen molar-refractivity contribution in [2.75, 3.05) is 36.5 Å². The predicted octanol–water partition coefficient (Wildman–Crippen LogP) is 3.86. The fourth-order valence-corrected chi connectivity index (χ4v) is 2.95. The van der Waals surface area contributed by atoms with E-state index in [4.69, 9.17) is 14.7 Å². The molecule has 2 heterocycles. The molecule has 2 aromatic carbocycles. The van der Waals surface area contributed by atoms with Gasteiger partial charge in [0.05, 0.1) is 31.2 Å². The second-order valence-corrected chi connectivity index (χ2v) is 6.37. The molecule has 146 valence electrons. The van der Waals surface area contributed by atoms with Gasteiger partial charge in [-0.25, -0.2) is 14.4 Å². The highest BCUT2D eigenvalue weighted by molar-refractivity contribution is 5.56. The summed E-state index contributed by atoms with van der Waals surface area (Å²) in [5.74, 6) is 0.930. The van der Waals surface area contributed by atoms with Gasteiger partial charge in [0.2, 0.25) is 5.95 Å². The molecule has 0 unspecified atom stereocenters. The van der Waals surface area contributed by atoms with Gasteiger partial charge in [0.15, 0.2) is 5.75 Å². The lowest BCUT2D eigenvalue weighted by atomic mass is 10.2. The molecule has 0 spiro atoms. The summed E-state index contributed by atoms with van der Waals surface area (Å²) in [6.45, 7) is 3.14. The van der Waals surface area contributed by atoms with Crippen molar-refractivity contribution in [3.63, 3.8) is 0 Å². The van der Waals surface area contributed by atoms with Crippen LogP contribution in [0.5, 0.6) is 11.5 Å². The minimum Gasteiger partial charge on any atom is -0.454 e. The summed E-state index contributed by atoms with van der Waals surface area (Å²) in [6, 6.07) is 13.8. The van der Waals surface area contributed by atoms with Crippen molar-refractivity contribution in [2.24, 2.45) is 0 Å². The van der Waals surface area contributed by atoms with E-state index in [0.29, 0.717) is 23.1 Å². The van der Waals surface area contributed by atoms with Gasteiger partial charge < -0.3 is 19.7 Å². The first-order valence-corrected chi connectivity index (χ1v) is 9.10. The van der Waals surface area contributed by atoms with E-state index < -0.39 is 5.82 Å². The zero-order valence-corrected chi connectivity index (χ0v) is 15.5. The number of rotatable bonds is 5. The minimum atomic E-state index is -0.568. The van der Waals surface area contributed by atoms with Crippen molar-refractivity contribution < 1.29 is 13.9 Å². The van der Waals surface area contributed by atoms with Crippen LogP contribution in [-0.2, 0) is 4.74 Å². The number of morpholine rings is 1. The average Bonchev–Trinajstić information content (AvgIpc) is 2.77. The fraction of sp³-hybridized carbons (Fsp3) is 0.190. The number of anilines is 3. The summed E-state index contributed by atoms with van der Waals surface area (Å²) in [4.78, 5) is 10.7. The molecule has 0 radical (unpaired) electrons. The third kappa shape index (κ3) is 4.59. The van der Waals surface area contributed by atoms with Crippen molar-refractivity contribution in [1.82, 2.24) is 9.97 Å². The van der Waals surface area contributed by atoms with Crippen molar-refractivity contribution >= 4 is 17.3 Å². The molecule has 1 saturated heterocycles. The molecule has 0 amide bonds. The second-order valence-electron chi connectivity index (χ2n) is 6.37. The third-order valence-corrected chi connectivity index (χ3v) is 4.40. The Balaban J connectivity index is 1.43. The van der Waals surface area contributed by atoms with Crippen LogP contribution in [0, 0.1) is 17.1 Å². The molecule has 1 aromatic heterocycles. The van der Waals surface area contributed by atoms with E-state index in [-0.39, 0.29) is 5.56 Å². The Kier molecular flexibility index (Phi) is 5.49. The normalized spacial score (nSPS) is 13.6. The summed E-state index contributed by atoms with van der Waals surface area (Å²) >= 11 is 0. The number of ether oxygens (including phenoxy) is 2. The molecule has 0 bridgehead atoms. The Morgan fingerprint density at radius 3 is 2.62 bits per heavy atom. The first kappa shape index (κ1) is 18.7. The van der Waals surface area contributed by atoms with E-state index in [1.165, 1.54) is 18.2 Å². The first-order chi connectivity index (χ1) is 14.2. The van der Waals surface area contributed by atoms with Crippen LogP contribution in [0.2, 0.25) is 0 Å². The quantitative estimate of drug-likeness (QED) is 0.707. The number of nitriles is 1.